The van der Waals surface area contributed by atoms with Crippen molar-refractivity contribution in [2.75, 3.05) is 52.9 Å². The Balaban J connectivity index is 1.66. The molecule has 0 aromatic carbocycles. The van der Waals surface area contributed by atoms with Gasteiger partial charge < -0.3 is 26.2 Å². The van der Waals surface area contributed by atoms with Crippen LogP contribution in [0.15, 0.2) is 23.3 Å². The molecule has 1 amide bonds. The van der Waals surface area contributed by atoms with Crippen LogP contribution in [0.25, 0.3) is 0 Å². The first-order valence-corrected chi connectivity index (χ1v) is 8.72. The predicted octanol–water partition coefficient (Wildman–Crippen LogP) is -0.877. The van der Waals surface area contributed by atoms with Gasteiger partial charge in [-0.2, -0.15) is 0 Å². The number of nitrogens with one attached hydrogen (secondary N) is 2. The van der Waals surface area contributed by atoms with Crippen LogP contribution in [0.5, 0.6) is 0 Å². The van der Waals surface area contributed by atoms with Crippen molar-refractivity contribution in [1.29, 1.82) is 0 Å². The Morgan fingerprint density at radius 3 is 2.74 bits per heavy atom. The summed E-state index contributed by atoms with van der Waals surface area (Å²) >= 11 is 6.55. The van der Waals surface area contributed by atoms with Crippen molar-refractivity contribution < 1.29 is 4.79 Å². The van der Waals surface area contributed by atoms with Crippen LogP contribution in [-0.4, -0.2) is 86.0 Å². The largest absolute Gasteiger partial charge is 0.336 e. The summed E-state index contributed by atoms with van der Waals surface area (Å²) in [6, 6.07) is -0.0106. The topological polar surface area (TPSA) is 73.6 Å². The van der Waals surface area contributed by atoms with E-state index in [9.17, 15) is 4.79 Å². The van der Waals surface area contributed by atoms with E-state index in [0.29, 0.717) is 6.54 Å². The lowest BCUT2D eigenvalue weighted by Gasteiger charge is -2.36. The third-order valence-corrected chi connectivity index (χ3v) is 5.27. The molecule has 1 fully saturated rings. The molecule has 7 heteroatoms. The van der Waals surface area contributed by atoms with E-state index in [1.54, 1.807) is 0 Å². The number of likely N-dealkylation sites (N-methyl/N-ethyl adjacent to an activating group) is 1. The molecular formula is C16H26ClN5O. The quantitative estimate of drug-likeness (QED) is 0.450. The Bertz CT molecular complexity index is 513. The number of hydrogen-bond acceptors (Lipinski definition) is 5. The highest BCUT2D eigenvalue weighted by molar-refractivity contribution is 6.23. The van der Waals surface area contributed by atoms with E-state index < -0.39 is 0 Å². The van der Waals surface area contributed by atoms with E-state index in [4.69, 9.17) is 17.3 Å². The summed E-state index contributed by atoms with van der Waals surface area (Å²) in [5, 5.41) is 6.41. The third kappa shape index (κ3) is 3.78. The SMILES string of the molecule is CN1CCN(C(=O)C2=CC(Cl)C(C3=CCNCC3N)NC2)CC1. The molecule has 3 aliphatic rings. The Labute approximate surface area is 142 Å². The molecule has 3 aliphatic heterocycles. The van der Waals surface area contributed by atoms with Crippen LogP contribution in [0.3, 0.4) is 0 Å². The number of amides is 1. The first-order chi connectivity index (χ1) is 11.1. The predicted molar refractivity (Wildman–Crippen MR) is 92.5 cm³/mol. The number of nitrogens with zero attached hydrogens (tertiary/aromatic N) is 2. The lowest BCUT2D eigenvalue weighted by atomic mass is 9.91. The zero-order valence-electron chi connectivity index (χ0n) is 13.6. The molecule has 3 atom stereocenters. The summed E-state index contributed by atoms with van der Waals surface area (Å²) in [5.74, 6) is 0.110. The fraction of sp³-hybridized carbons (Fsp3) is 0.688. The van der Waals surface area contributed by atoms with Crippen LogP contribution in [0.2, 0.25) is 0 Å². The zero-order valence-corrected chi connectivity index (χ0v) is 14.4. The molecule has 0 spiro atoms. The maximum absolute atomic E-state index is 12.6. The Morgan fingerprint density at radius 1 is 1.35 bits per heavy atom. The van der Waals surface area contributed by atoms with Gasteiger partial charge in [-0.05, 0) is 12.6 Å². The highest BCUT2D eigenvalue weighted by Gasteiger charge is 2.32. The lowest BCUT2D eigenvalue weighted by molar-refractivity contribution is -0.128. The van der Waals surface area contributed by atoms with E-state index in [0.717, 1.165) is 50.4 Å². The summed E-state index contributed by atoms with van der Waals surface area (Å²) in [6.45, 7) is 5.56. The first-order valence-electron chi connectivity index (χ1n) is 8.28. The molecule has 1 saturated heterocycles. The van der Waals surface area contributed by atoms with Gasteiger partial charge in [-0.25, -0.2) is 0 Å². The van der Waals surface area contributed by atoms with Gasteiger partial charge in [0.1, 0.15) is 0 Å². The summed E-state index contributed by atoms with van der Waals surface area (Å²) in [6.07, 6.45) is 4.03. The Hall–Kier alpha value is -0.920. The molecule has 3 heterocycles. The number of nitrogens with two attached hydrogens (primary N) is 1. The number of alkyl halides is 1. The second kappa shape index (κ2) is 7.32. The number of carbonyl (C=O) groups is 1. The van der Waals surface area contributed by atoms with Crippen LogP contribution >= 0.6 is 11.6 Å². The van der Waals surface area contributed by atoms with E-state index in [1.807, 2.05) is 11.0 Å². The molecule has 0 saturated carbocycles. The normalized spacial score (nSPS) is 33.2. The number of hydrogen-bond donors (Lipinski definition) is 3. The fourth-order valence-corrected chi connectivity index (χ4v) is 3.78. The highest BCUT2D eigenvalue weighted by Crippen LogP contribution is 2.23. The maximum atomic E-state index is 12.6. The van der Waals surface area contributed by atoms with Gasteiger partial charge in [-0.15, -0.1) is 11.6 Å². The second-order valence-electron chi connectivity index (χ2n) is 6.56. The van der Waals surface area contributed by atoms with Gasteiger partial charge in [-0.1, -0.05) is 12.2 Å². The standard InChI is InChI=1S/C16H26ClN5O/c1-21-4-6-22(7-5-21)16(23)11-8-13(17)15(20-9-11)12-2-3-19-10-14(12)18/h2,8,13-15,19-20H,3-7,9-10,18H2,1H3. The molecule has 128 valence electrons. The molecule has 0 bridgehead atoms. The van der Waals surface area contributed by atoms with Gasteiger partial charge in [-0.3, -0.25) is 4.79 Å². The van der Waals surface area contributed by atoms with Gasteiger partial charge in [0.15, 0.2) is 0 Å². The van der Waals surface area contributed by atoms with Crippen molar-refractivity contribution in [3.63, 3.8) is 0 Å². The smallest absolute Gasteiger partial charge is 0.250 e. The average Bonchev–Trinajstić information content (AvgIpc) is 2.56. The van der Waals surface area contributed by atoms with Crippen molar-refractivity contribution in [2.24, 2.45) is 5.73 Å². The lowest BCUT2D eigenvalue weighted by Crippen LogP contribution is -2.53. The molecule has 6 nitrogen and oxygen atoms in total. The van der Waals surface area contributed by atoms with Crippen LogP contribution < -0.4 is 16.4 Å². The summed E-state index contributed by atoms with van der Waals surface area (Å²) in [4.78, 5) is 16.8. The molecular weight excluding hydrogens is 314 g/mol. The molecule has 0 aliphatic carbocycles. The maximum Gasteiger partial charge on any atom is 0.250 e. The molecule has 0 aromatic heterocycles. The van der Waals surface area contributed by atoms with Crippen molar-refractivity contribution in [3.8, 4) is 0 Å². The van der Waals surface area contributed by atoms with Gasteiger partial charge in [0.05, 0.1) is 5.38 Å². The van der Waals surface area contributed by atoms with Crippen LogP contribution in [0, 0.1) is 0 Å². The molecule has 4 N–H and O–H groups in total. The van der Waals surface area contributed by atoms with Crippen molar-refractivity contribution in [3.05, 3.63) is 23.3 Å². The molecule has 3 rings (SSSR count). The van der Waals surface area contributed by atoms with Crippen LogP contribution in [0.4, 0.5) is 0 Å². The van der Waals surface area contributed by atoms with E-state index >= 15 is 0 Å². The number of carbonyl (C=O) groups excluding carboxylic acids is 1. The van der Waals surface area contributed by atoms with Gasteiger partial charge in [0, 0.05) is 63.5 Å². The number of piperazine rings is 1. The number of rotatable bonds is 2. The minimum atomic E-state index is -0.245. The highest BCUT2D eigenvalue weighted by atomic mass is 35.5. The van der Waals surface area contributed by atoms with E-state index in [-0.39, 0.29) is 23.4 Å². The summed E-state index contributed by atoms with van der Waals surface area (Å²) in [5.41, 5.74) is 8.08. The van der Waals surface area contributed by atoms with Crippen molar-refractivity contribution >= 4 is 17.5 Å². The fourth-order valence-electron chi connectivity index (χ4n) is 3.40. The van der Waals surface area contributed by atoms with E-state index in [2.05, 4.69) is 28.7 Å². The first kappa shape index (κ1) is 16.9. The van der Waals surface area contributed by atoms with Crippen molar-refractivity contribution in [2.45, 2.75) is 17.5 Å². The molecule has 23 heavy (non-hydrogen) atoms. The minimum Gasteiger partial charge on any atom is -0.336 e. The Morgan fingerprint density at radius 2 is 2.09 bits per heavy atom. The van der Waals surface area contributed by atoms with Gasteiger partial charge >= 0.3 is 0 Å². The third-order valence-electron chi connectivity index (χ3n) is 4.89. The minimum absolute atomic E-state index is 0.0119. The van der Waals surface area contributed by atoms with Gasteiger partial charge in [0.2, 0.25) is 0 Å². The number of halogens is 1. The van der Waals surface area contributed by atoms with Crippen LogP contribution in [0.1, 0.15) is 0 Å². The van der Waals surface area contributed by atoms with Gasteiger partial charge in [0.25, 0.3) is 5.91 Å². The Kier molecular flexibility index (Phi) is 5.38. The summed E-state index contributed by atoms with van der Waals surface area (Å²) < 4.78 is 0. The molecule has 0 aromatic rings. The zero-order chi connectivity index (χ0) is 16.4. The summed E-state index contributed by atoms with van der Waals surface area (Å²) in [7, 11) is 2.08. The monoisotopic (exact) mass is 339 g/mol. The van der Waals surface area contributed by atoms with Crippen LogP contribution in [-0.2, 0) is 4.79 Å². The molecule has 0 radical (unpaired) electrons. The second-order valence-corrected chi connectivity index (χ2v) is 7.06. The van der Waals surface area contributed by atoms with E-state index in [1.165, 1.54) is 0 Å². The van der Waals surface area contributed by atoms with Crippen molar-refractivity contribution in [1.82, 2.24) is 20.4 Å². The average molecular weight is 340 g/mol. The molecule has 3 unspecified atom stereocenters.